The number of carbonyl (C=O) groups excluding carboxylic acids is 2. The molecular formula is C20H16N3O5S2-. The molecule has 1 fully saturated rings. The summed E-state index contributed by atoms with van der Waals surface area (Å²) in [5.41, 5.74) is 1.46. The van der Waals surface area contributed by atoms with Gasteiger partial charge in [0.05, 0.1) is 9.83 Å². The highest BCUT2D eigenvalue weighted by Crippen LogP contribution is 2.33. The average molecular weight is 442 g/mol. The number of thioether (sulfide) groups is 1. The van der Waals surface area contributed by atoms with Crippen LogP contribution >= 0.6 is 24.0 Å². The molecule has 2 amide bonds. The molecule has 30 heavy (non-hydrogen) atoms. The van der Waals surface area contributed by atoms with Crippen molar-refractivity contribution in [2.24, 2.45) is 0 Å². The van der Waals surface area contributed by atoms with E-state index in [0.29, 0.717) is 4.91 Å². The van der Waals surface area contributed by atoms with Crippen LogP contribution in [0.5, 0.6) is 5.75 Å². The van der Waals surface area contributed by atoms with E-state index in [2.05, 4.69) is 12.2 Å². The minimum Gasteiger partial charge on any atom is -0.871 e. The molecule has 154 valence electrons. The maximum atomic E-state index is 12.7. The number of rotatable bonds is 6. The molecule has 0 radical (unpaired) electrons. The third-order valence-corrected chi connectivity index (χ3v) is 5.69. The summed E-state index contributed by atoms with van der Waals surface area (Å²) >= 11 is 6.29. The first-order valence-corrected chi connectivity index (χ1v) is 10.1. The summed E-state index contributed by atoms with van der Waals surface area (Å²) in [7, 11) is 0. The van der Waals surface area contributed by atoms with Gasteiger partial charge in [0.2, 0.25) is 5.91 Å². The third-order valence-electron chi connectivity index (χ3n) is 4.31. The molecular weight excluding hydrogens is 426 g/mol. The molecule has 8 nitrogen and oxygen atoms in total. The van der Waals surface area contributed by atoms with Crippen LogP contribution in [0.15, 0.2) is 47.4 Å². The molecule has 0 aliphatic carbocycles. The number of non-ortho nitro benzene ring substituents is 1. The van der Waals surface area contributed by atoms with Gasteiger partial charge in [0, 0.05) is 17.8 Å². The van der Waals surface area contributed by atoms with Crippen molar-refractivity contribution < 1.29 is 19.6 Å². The summed E-state index contributed by atoms with van der Waals surface area (Å²) in [5, 5.41) is 25.0. The zero-order valence-electron chi connectivity index (χ0n) is 15.8. The van der Waals surface area contributed by atoms with Gasteiger partial charge in [-0.2, -0.15) is 0 Å². The van der Waals surface area contributed by atoms with E-state index in [1.54, 1.807) is 6.08 Å². The topological polar surface area (TPSA) is 116 Å². The molecule has 2 aromatic carbocycles. The Bertz CT molecular complexity index is 1070. The van der Waals surface area contributed by atoms with E-state index in [9.17, 15) is 24.8 Å². The number of benzene rings is 2. The van der Waals surface area contributed by atoms with Crippen LogP contribution in [-0.2, 0) is 16.0 Å². The highest BCUT2D eigenvalue weighted by molar-refractivity contribution is 8.26. The predicted molar refractivity (Wildman–Crippen MR) is 117 cm³/mol. The van der Waals surface area contributed by atoms with Crippen LogP contribution in [0.3, 0.4) is 0 Å². The fraction of sp³-hybridized carbons (Fsp3) is 0.150. The highest BCUT2D eigenvalue weighted by atomic mass is 32.2. The van der Waals surface area contributed by atoms with E-state index in [1.165, 1.54) is 5.56 Å². The summed E-state index contributed by atoms with van der Waals surface area (Å²) in [6.45, 7) is 1.65. The minimum absolute atomic E-state index is 0.216. The number of nitrogens with one attached hydrogen (secondary N) is 1. The van der Waals surface area contributed by atoms with Gasteiger partial charge in [-0.15, -0.1) is 0 Å². The smallest absolute Gasteiger partial charge is 0.271 e. The number of nitro benzene ring substituents is 1. The number of thiocarbonyl (C=S) groups is 1. The van der Waals surface area contributed by atoms with Gasteiger partial charge in [-0.25, -0.2) is 0 Å². The summed E-state index contributed by atoms with van der Waals surface area (Å²) in [5.74, 6) is -1.67. The van der Waals surface area contributed by atoms with Gasteiger partial charge in [-0.1, -0.05) is 67.0 Å². The minimum atomic E-state index is -0.683. The molecule has 1 aliphatic rings. The highest BCUT2D eigenvalue weighted by Gasteiger charge is 2.33. The number of nitro groups is 1. The monoisotopic (exact) mass is 442 g/mol. The van der Waals surface area contributed by atoms with E-state index in [0.717, 1.165) is 46.8 Å². The van der Waals surface area contributed by atoms with Crippen molar-refractivity contribution >= 4 is 57.6 Å². The molecule has 1 heterocycles. The summed E-state index contributed by atoms with van der Waals surface area (Å²) in [6.07, 6.45) is 2.61. The zero-order valence-corrected chi connectivity index (χ0v) is 17.4. The molecule has 1 aliphatic heterocycles. The van der Waals surface area contributed by atoms with Gasteiger partial charge in [-0.05, 0) is 23.6 Å². The molecule has 0 unspecified atom stereocenters. The summed E-state index contributed by atoms with van der Waals surface area (Å²) in [6, 6.07) is 10.8. The van der Waals surface area contributed by atoms with Crippen molar-refractivity contribution in [2.45, 2.75) is 13.3 Å². The Balaban J connectivity index is 1.71. The molecule has 0 saturated carbocycles. The molecule has 10 heteroatoms. The first-order chi connectivity index (χ1) is 14.3. The van der Waals surface area contributed by atoms with Crippen LogP contribution in [-0.4, -0.2) is 32.5 Å². The van der Waals surface area contributed by atoms with E-state index in [-0.39, 0.29) is 15.7 Å². The van der Waals surface area contributed by atoms with Gasteiger partial charge in [0.1, 0.15) is 10.9 Å². The standard InChI is InChI=1S/C20H17N3O5S2/c1-2-12-3-5-13(6-4-12)9-17-19(26)22(20(29)30-17)11-18(25)21-15-10-14(23(27)28)7-8-16(15)24/h3-10,24H,2,11H2,1H3,(H,21,25)/p-1/b17-9-. The second-order valence-corrected chi connectivity index (χ2v) is 8.02. The molecule has 0 bridgehead atoms. The van der Waals surface area contributed by atoms with E-state index < -0.39 is 29.0 Å². The number of hydrogen-bond acceptors (Lipinski definition) is 7. The van der Waals surface area contributed by atoms with E-state index in [1.807, 2.05) is 24.3 Å². The first-order valence-electron chi connectivity index (χ1n) is 8.88. The van der Waals surface area contributed by atoms with Crippen molar-refractivity contribution in [3.63, 3.8) is 0 Å². The lowest BCUT2D eigenvalue weighted by Gasteiger charge is -2.17. The maximum absolute atomic E-state index is 12.7. The Morgan fingerprint density at radius 1 is 1.27 bits per heavy atom. The second kappa shape index (κ2) is 9.06. The number of hydrogen-bond donors (Lipinski definition) is 1. The lowest BCUT2D eigenvalue weighted by molar-refractivity contribution is -0.385. The first kappa shape index (κ1) is 21.5. The van der Waals surface area contributed by atoms with Gasteiger partial charge >= 0.3 is 0 Å². The van der Waals surface area contributed by atoms with Gasteiger partial charge < -0.3 is 10.4 Å². The SMILES string of the molecule is CCc1ccc(/C=C2\SC(=S)N(CC(=O)Nc3cc([N+](=O)[O-])ccc3[O-])C2=O)cc1. The van der Waals surface area contributed by atoms with E-state index in [4.69, 9.17) is 12.2 Å². The average Bonchev–Trinajstić information content (AvgIpc) is 2.97. The third kappa shape index (κ3) is 4.84. The Kier molecular flexibility index (Phi) is 6.48. The fourth-order valence-electron chi connectivity index (χ4n) is 2.70. The Morgan fingerprint density at radius 2 is 1.97 bits per heavy atom. The van der Waals surface area contributed by atoms with Crippen LogP contribution in [0.4, 0.5) is 11.4 Å². The van der Waals surface area contributed by atoms with Gasteiger partial charge in [-0.3, -0.25) is 24.6 Å². The number of nitrogens with zero attached hydrogens (tertiary/aromatic N) is 2. The van der Waals surface area contributed by atoms with Crippen LogP contribution < -0.4 is 10.4 Å². The number of carbonyl (C=O) groups is 2. The lowest BCUT2D eigenvalue weighted by atomic mass is 10.1. The van der Waals surface area contributed by atoms with Crippen molar-refractivity contribution in [3.8, 4) is 5.75 Å². The van der Waals surface area contributed by atoms with Gasteiger partial charge in [0.15, 0.2) is 0 Å². The van der Waals surface area contributed by atoms with Crippen molar-refractivity contribution in [1.29, 1.82) is 0 Å². The van der Waals surface area contributed by atoms with Gasteiger partial charge in [0.25, 0.3) is 11.6 Å². The normalized spacial score (nSPS) is 15.0. The second-order valence-electron chi connectivity index (χ2n) is 6.35. The van der Waals surface area contributed by atoms with Crippen LogP contribution in [0.25, 0.3) is 6.08 Å². The van der Waals surface area contributed by atoms with Crippen molar-refractivity contribution in [3.05, 3.63) is 68.6 Å². The van der Waals surface area contributed by atoms with Crippen molar-refractivity contribution in [1.82, 2.24) is 4.90 Å². The molecule has 1 saturated heterocycles. The fourth-order valence-corrected chi connectivity index (χ4v) is 3.95. The largest absolute Gasteiger partial charge is 0.871 e. The van der Waals surface area contributed by atoms with Crippen LogP contribution in [0, 0.1) is 10.1 Å². The molecule has 0 spiro atoms. The van der Waals surface area contributed by atoms with Crippen molar-refractivity contribution in [2.75, 3.05) is 11.9 Å². The lowest BCUT2D eigenvalue weighted by Crippen LogP contribution is -2.36. The molecule has 0 atom stereocenters. The van der Waals surface area contributed by atoms with Crippen LogP contribution in [0.1, 0.15) is 18.1 Å². The molecule has 3 rings (SSSR count). The van der Waals surface area contributed by atoms with Crippen LogP contribution in [0.2, 0.25) is 0 Å². The molecule has 2 aromatic rings. The number of amides is 2. The maximum Gasteiger partial charge on any atom is 0.271 e. The number of aryl methyl sites for hydroxylation is 1. The Labute approximate surface area is 181 Å². The zero-order chi connectivity index (χ0) is 21.8. The Hall–Kier alpha value is -3.24. The summed E-state index contributed by atoms with van der Waals surface area (Å²) in [4.78, 5) is 36.7. The predicted octanol–water partition coefficient (Wildman–Crippen LogP) is 3.07. The molecule has 1 N–H and O–H groups in total. The summed E-state index contributed by atoms with van der Waals surface area (Å²) < 4.78 is 0.216. The number of anilines is 1. The molecule has 0 aromatic heterocycles. The quantitative estimate of drug-likeness (QED) is 0.316. The Morgan fingerprint density at radius 3 is 2.60 bits per heavy atom. The van der Waals surface area contributed by atoms with E-state index >= 15 is 0 Å².